The monoisotopic (exact) mass is 295 g/mol. The molecule has 0 radical (unpaired) electrons. The number of hydrogen-bond acceptors (Lipinski definition) is 4. The van der Waals surface area contributed by atoms with Gasteiger partial charge in [0.2, 0.25) is 0 Å². The summed E-state index contributed by atoms with van der Waals surface area (Å²) in [7, 11) is -3.61. The Morgan fingerprint density at radius 2 is 1.90 bits per heavy atom. The lowest BCUT2D eigenvalue weighted by Gasteiger charge is -2.14. The molecule has 0 N–H and O–H groups in total. The third-order valence-electron chi connectivity index (χ3n) is 4.15. The van der Waals surface area contributed by atoms with Gasteiger partial charge in [-0.2, -0.15) is 8.42 Å². The van der Waals surface area contributed by atoms with Crippen LogP contribution in [0.4, 0.5) is 0 Å². The van der Waals surface area contributed by atoms with Crippen molar-refractivity contribution in [2.75, 3.05) is 19.7 Å². The lowest BCUT2D eigenvalue weighted by atomic mass is 10.1. The highest BCUT2D eigenvalue weighted by atomic mass is 32.2. The van der Waals surface area contributed by atoms with Crippen molar-refractivity contribution in [2.45, 2.75) is 37.1 Å². The molecule has 0 amide bonds. The van der Waals surface area contributed by atoms with E-state index >= 15 is 0 Å². The molecule has 1 atom stereocenters. The first-order valence-corrected chi connectivity index (χ1v) is 8.65. The summed E-state index contributed by atoms with van der Waals surface area (Å²) in [6, 6.07) is 7.56. The van der Waals surface area contributed by atoms with Crippen LogP contribution in [0.5, 0.6) is 0 Å². The second-order valence-corrected chi connectivity index (χ2v) is 7.55. The summed E-state index contributed by atoms with van der Waals surface area (Å²) in [5.74, 6) is 0.343. The first-order valence-electron chi connectivity index (χ1n) is 7.25. The molecule has 0 aromatic heterocycles. The number of rotatable bonds is 5. The minimum absolute atomic E-state index is 0.250. The van der Waals surface area contributed by atoms with E-state index in [0.717, 1.165) is 31.1 Å². The van der Waals surface area contributed by atoms with E-state index in [0.29, 0.717) is 12.5 Å². The molecule has 0 spiro atoms. The SMILES string of the molecule is Cc1ccc(S(=O)(=O)OCC2CCN(C3CC3)C2)cc1. The van der Waals surface area contributed by atoms with Crippen LogP contribution in [-0.2, 0) is 14.3 Å². The second-order valence-electron chi connectivity index (χ2n) is 5.93. The van der Waals surface area contributed by atoms with Gasteiger partial charge < -0.3 is 4.90 Å². The smallest absolute Gasteiger partial charge is 0.296 e. The van der Waals surface area contributed by atoms with Crippen LogP contribution in [0.1, 0.15) is 24.8 Å². The predicted molar refractivity (Wildman–Crippen MR) is 77.0 cm³/mol. The first kappa shape index (κ1) is 14.0. The van der Waals surface area contributed by atoms with Gasteiger partial charge in [-0.15, -0.1) is 0 Å². The van der Waals surface area contributed by atoms with Crippen molar-refractivity contribution in [3.05, 3.63) is 29.8 Å². The van der Waals surface area contributed by atoms with E-state index in [1.54, 1.807) is 24.3 Å². The molecule has 20 heavy (non-hydrogen) atoms. The highest BCUT2D eigenvalue weighted by Crippen LogP contribution is 2.32. The lowest BCUT2D eigenvalue weighted by molar-refractivity contribution is 0.242. The Balaban J connectivity index is 1.55. The molecule has 1 heterocycles. The van der Waals surface area contributed by atoms with Gasteiger partial charge in [-0.25, -0.2) is 0 Å². The summed E-state index contributed by atoms with van der Waals surface area (Å²) < 4.78 is 29.4. The van der Waals surface area contributed by atoms with E-state index in [1.807, 2.05) is 6.92 Å². The van der Waals surface area contributed by atoms with E-state index in [9.17, 15) is 8.42 Å². The molecule has 5 heteroatoms. The van der Waals surface area contributed by atoms with Crippen molar-refractivity contribution < 1.29 is 12.6 Å². The van der Waals surface area contributed by atoms with E-state index < -0.39 is 10.1 Å². The topological polar surface area (TPSA) is 46.6 Å². The summed E-state index contributed by atoms with van der Waals surface area (Å²) >= 11 is 0. The molecule has 1 aromatic carbocycles. The van der Waals surface area contributed by atoms with Crippen LogP contribution in [-0.4, -0.2) is 39.1 Å². The van der Waals surface area contributed by atoms with Crippen molar-refractivity contribution in [2.24, 2.45) is 5.92 Å². The van der Waals surface area contributed by atoms with E-state index in [-0.39, 0.29) is 4.90 Å². The molecule has 1 saturated carbocycles. The van der Waals surface area contributed by atoms with Gasteiger partial charge in [-0.1, -0.05) is 17.7 Å². The lowest BCUT2D eigenvalue weighted by Crippen LogP contribution is -2.24. The summed E-state index contributed by atoms with van der Waals surface area (Å²) in [6.45, 7) is 4.30. The summed E-state index contributed by atoms with van der Waals surface area (Å²) in [6.07, 6.45) is 3.64. The maximum absolute atomic E-state index is 12.1. The fourth-order valence-electron chi connectivity index (χ4n) is 2.73. The molecule has 4 nitrogen and oxygen atoms in total. The number of aryl methyl sites for hydroxylation is 1. The van der Waals surface area contributed by atoms with Gasteiger partial charge in [0.25, 0.3) is 10.1 Å². The average Bonchev–Trinajstić information content (AvgIpc) is 3.16. The summed E-state index contributed by atoms with van der Waals surface area (Å²) in [5, 5.41) is 0. The van der Waals surface area contributed by atoms with Gasteiger partial charge in [0, 0.05) is 12.6 Å². The predicted octanol–water partition coefficient (Wildman–Crippen LogP) is 2.18. The molecular formula is C15H21NO3S. The quantitative estimate of drug-likeness (QED) is 0.781. The van der Waals surface area contributed by atoms with Gasteiger partial charge in [0.1, 0.15) is 0 Å². The van der Waals surface area contributed by atoms with Crippen LogP contribution in [0.3, 0.4) is 0 Å². The van der Waals surface area contributed by atoms with Gasteiger partial charge in [-0.05, 0) is 50.8 Å². The minimum atomic E-state index is -3.61. The molecule has 1 aliphatic carbocycles. The molecule has 1 unspecified atom stereocenters. The Morgan fingerprint density at radius 3 is 2.55 bits per heavy atom. The number of hydrogen-bond donors (Lipinski definition) is 0. The number of benzene rings is 1. The maximum atomic E-state index is 12.1. The van der Waals surface area contributed by atoms with Crippen LogP contribution in [0, 0.1) is 12.8 Å². The Labute approximate surface area is 120 Å². The van der Waals surface area contributed by atoms with Gasteiger partial charge in [-0.3, -0.25) is 4.18 Å². The maximum Gasteiger partial charge on any atom is 0.296 e. The molecule has 1 aromatic rings. The van der Waals surface area contributed by atoms with Gasteiger partial charge in [0.15, 0.2) is 0 Å². The fourth-order valence-corrected chi connectivity index (χ4v) is 3.71. The van der Waals surface area contributed by atoms with E-state index in [4.69, 9.17) is 4.18 Å². The molecule has 3 rings (SSSR count). The summed E-state index contributed by atoms with van der Waals surface area (Å²) in [5.41, 5.74) is 1.04. The molecule has 2 fully saturated rings. The molecule has 110 valence electrons. The Hall–Kier alpha value is -0.910. The zero-order valence-electron chi connectivity index (χ0n) is 11.8. The van der Waals surface area contributed by atoms with Crippen molar-refractivity contribution in [1.29, 1.82) is 0 Å². The minimum Gasteiger partial charge on any atom is -0.300 e. The molecule has 1 aliphatic heterocycles. The van der Waals surface area contributed by atoms with E-state index in [1.165, 1.54) is 12.8 Å². The van der Waals surface area contributed by atoms with E-state index in [2.05, 4.69) is 4.90 Å². The molecule has 0 bridgehead atoms. The van der Waals surface area contributed by atoms with Crippen molar-refractivity contribution >= 4 is 10.1 Å². The third kappa shape index (κ3) is 3.22. The standard InChI is InChI=1S/C15H21NO3S/c1-12-2-6-15(7-3-12)20(17,18)19-11-13-8-9-16(10-13)14-4-5-14/h2-3,6-7,13-14H,4-5,8-11H2,1H3. The second kappa shape index (κ2) is 5.47. The van der Waals surface area contributed by atoms with Crippen LogP contribution in [0.25, 0.3) is 0 Å². The van der Waals surface area contributed by atoms with Crippen LogP contribution in [0.2, 0.25) is 0 Å². The zero-order chi connectivity index (χ0) is 14.2. The Kier molecular flexibility index (Phi) is 3.84. The molecular weight excluding hydrogens is 274 g/mol. The fraction of sp³-hybridized carbons (Fsp3) is 0.600. The molecule has 2 aliphatic rings. The third-order valence-corrected chi connectivity index (χ3v) is 5.44. The summed E-state index contributed by atoms with van der Waals surface area (Å²) in [4.78, 5) is 2.71. The van der Waals surface area contributed by atoms with Crippen LogP contribution >= 0.6 is 0 Å². The highest BCUT2D eigenvalue weighted by Gasteiger charge is 2.34. The highest BCUT2D eigenvalue weighted by molar-refractivity contribution is 7.86. The van der Waals surface area contributed by atoms with Gasteiger partial charge in [0.05, 0.1) is 11.5 Å². The Morgan fingerprint density at radius 1 is 1.20 bits per heavy atom. The average molecular weight is 295 g/mol. The van der Waals surface area contributed by atoms with Crippen molar-refractivity contribution in [3.8, 4) is 0 Å². The van der Waals surface area contributed by atoms with Crippen LogP contribution < -0.4 is 0 Å². The number of nitrogens with zero attached hydrogens (tertiary/aromatic N) is 1. The normalized spacial score (nSPS) is 24.1. The van der Waals surface area contributed by atoms with Crippen molar-refractivity contribution in [3.63, 3.8) is 0 Å². The largest absolute Gasteiger partial charge is 0.300 e. The van der Waals surface area contributed by atoms with Crippen molar-refractivity contribution in [1.82, 2.24) is 4.90 Å². The van der Waals surface area contributed by atoms with Gasteiger partial charge >= 0.3 is 0 Å². The number of likely N-dealkylation sites (tertiary alicyclic amines) is 1. The zero-order valence-corrected chi connectivity index (χ0v) is 12.6. The Bertz CT molecular complexity index is 563. The first-order chi connectivity index (χ1) is 9.54. The van der Waals surface area contributed by atoms with Crippen LogP contribution in [0.15, 0.2) is 29.2 Å². The molecule has 1 saturated heterocycles.